The summed E-state index contributed by atoms with van der Waals surface area (Å²) in [6.07, 6.45) is 0. The maximum Gasteiger partial charge on any atom is 0.225 e. The average molecular weight is 236 g/mol. The third-order valence-electron chi connectivity index (χ3n) is 2.85. The van der Waals surface area contributed by atoms with E-state index in [1.54, 1.807) is 0 Å². The summed E-state index contributed by atoms with van der Waals surface area (Å²) < 4.78 is 1.93. The summed E-state index contributed by atoms with van der Waals surface area (Å²) in [5.74, 6) is 0.834. The van der Waals surface area contributed by atoms with Crippen LogP contribution in [0.25, 0.3) is 0 Å². The molecule has 1 aromatic carbocycles. The van der Waals surface area contributed by atoms with Crippen LogP contribution in [0.15, 0.2) is 24.3 Å². The molecule has 4 heteroatoms. The van der Waals surface area contributed by atoms with Gasteiger partial charge >= 0.3 is 0 Å². The number of benzene rings is 1. The fraction of sp³-hybridized carbons (Fsp3) is 0.333. The highest BCUT2D eigenvalue weighted by atomic mass is 35.5. The van der Waals surface area contributed by atoms with Crippen molar-refractivity contribution in [2.75, 3.05) is 0 Å². The second-order valence-corrected chi connectivity index (χ2v) is 4.26. The molecule has 0 saturated heterocycles. The van der Waals surface area contributed by atoms with Gasteiger partial charge in [0.25, 0.3) is 0 Å². The first kappa shape index (κ1) is 11.1. The van der Waals surface area contributed by atoms with Crippen molar-refractivity contribution in [1.29, 1.82) is 0 Å². The molecule has 0 aliphatic rings. The predicted octanol–water partition coefficient (Wildman–Crippen LogP) is 3.16. The molecule has 0 aliphatic heterocycles. The number of nitrogens with zero attached hydrogens (tertiary/aromatic N) is 3. The van der Waals surface area contributed by atoms with E-state index in [0.29, 0.717) is 5.28 Å². The molecule has 16 heavy (non-hydrogen) atoms. The minimum Gasteiger partial charge on any atom is -0.295 e. The van der Waals surface area contributed by atoms with Crippen LogP contribution in [0.4, 0.5) is 0 Å². The normalized spacial score (nSPS) is 12.8. The number of aromatic nitrogens is 3. The summed E-state index contributed by atoms with van der Waals surface area (Å²) in [6.45, 7) is 6.11. The van der Waals surface area contributed by atoms with Crippen molar-refractivity contribution in [2.24, 2.45) is 0 Å². The van der Waals surface area contributed by atoms with Crippen LogP contribution in [-0.4, -0.2) is 14.8 Å². The van der Waals surface area contributed by atoms with Gasteiger partial charge in [-0.3, -0.25) is 4.57 Å². The Morgan fingerprint density at radius 1 is 1.19 bits per heavy atom. The maximum absolute atomic E-state index is 6.03. The van der Waals surface area contributed by atoms with Gasteiger partial charge in [0, 0.05) is 0 Å². The van der Waals surface area contributed by atoms with Gasteiger partial charge in [-0.2, -0.15) is 0 Å². The highest BCUT2D eigenvalue weighted by Crippen LogP contribution is 2.25. The van der Waals surface area contributed by atoms with E-state index in [9.17, 15) is 0 Å². The molecule has 1 unspecified atom stereocenters. The molecule has 0 amide bonds. The predicted molar refractivity (Wildman–Crippen MR) is 64.8 cm³/mol. The molecule has 1 atom stereocenters. The largest absolute Gasteiger partial charge is 0.295 e. The molecular weight excluding hydrogens is 222 g/mol. The number of hydrogen-bond donors (Lipinski definition) is 0. The molecule has 0 aliphatic carbocycles. The van der Waals surface area contributed by atoms with Gasteiger partial charge in [0.2, 0.25) is 5.28 Å². The molecule has 3 nitrogen and oxygen atoms in total. The summed E-state index contributed by atoms with van der Waals surface area (Å²) in [7, 11) is 0. The van der Waals surface area contributed by atoms with Crippen molar-refractivity contribution in [3.8, 4) is 0 Å². The topological polar surface area (TPSA) is 30.7 Å². The van der Waals surface area contributed by atoms with E-state index in [1.807, 2.05) is 23.6 Å². The molecule has 84 valence electrons. The monoisotopic (exact) mass is 235 g/mol. The lowest BCUT2D eigenvalue weighted by molar-refractivity contribution is 0.615. The summed E-state index contributed by atoms with van der Waals surface area (Å²) in [5.41, 5.74) is 2.49. The third-order valence-corrected chi connectivity index (χ3v) is 3.11. The second-order valence-electron chi connectivity index (χ2n) is 3.92. The summed E-state index contributed by atoms with van der Waals surface area (Å²) in [5, 5.41) is 8.28. The molecule has 2 rings (SSSR count). The van der Waals surface area contributed by atoms with Crippen molar-refractivity contribution >= 4 is 11.6 Å². The second kappa shape index (κ2) is 4.26. The quantitative estimate of drug-likeness (QED) is 0.801. The molecule has 0 bridgehead atoms. The van der Waals surface area contributed by atoms with Gasteiger partial charge < -0.3 is 0 Å². The van der Waals surface area contributed by atoms with Crippen LogP contribution in [0.5, 0.6) is 0 Å². The van der Waals surface area contributed by atoms with Crippen LogP contribution in [0, 0.1) is 13.8 Å². The van der Waals surface area contributed by atoms with E-state index in [1.165, 1.54) is 11.1 Å². The Bertz CT molecular complexity index is 485. The van der Waals surface area contributed by atoms with Gasteiger partial charge in [-0.05, 0) is 43.5 Å². The van der Waals surface area contributed by atoms with Crippen molar-refractivity contribution in [3.63, 3.8) is 0 Å². The number of aryl methyl sites for hydroxylation is 2. The van der Waals surface area contributed by atoms with Crippen molar-refractivity contribution < 1.29 is 0 Å². The molecule has 0 saturated carbocycles. The smallest absolute Gasteiger partial charge is 0.225 e. The highest BCUT2D eigenvalue weighted by Gasteiger charge is 2.16. The molecule has 0 spiro atoms. The molecular formula is C12H14ClN3. The Hall–Kier alpha value is -1.35. The SMILES string of the molecule is Cc1ccccc1C(C)n1c(C)nnc1Cl. The molecule has 1 aromatic heterocycles. The summed E-state index contributed by atoms with van der Waals surface area (Å²) >= 11 is 6.03. The summed E-state index contributed by atoms with van der Waals surface area (Å²) in [6, 6.07) is 8.43. The van der Waals surface area contributed by atoms with E-state index < -0.39 is 0 Å². The first-order valence-corrected chi connectivity index (χ1v) is 5.61. The van der Waals surface area contributed by atoms with Gasteiger partial charge in [0.1, 0.15) is 5.82 Å². The highest BCUT2D eigenvalue weighted by molar-refractivity contribution is 6.28. The summed E-state index contributed by atoms with van der Waals surface area (Å²) in [4.78, 5) is 0. The van der Waals surface area contributed by atoms with Gasteiger partial charge in [-0.25, -0.2) is 0 Å². The Kier molecular flexibility index (Phi) is 2.97. The van der Waals surface area contributed by atoms with E-state index in [0.717, 1.165) is 5.82 Å². The lowest BCUT2D eigenvalue weighted by atomic mass is 10.0. The van der Waals surface area contributed by atoms with Crippen LogP contribution in [0.3, 0.4) is 0 Å². The molecule has 1 heterocycles. The molecule has 0 radical (unpaired) electrons. The fourth-order valence-electron chi connectivity index (χ4n) is 1.98. The number of rotatable bonds is 2. The Balaban J connectivity index is 2.47. The number of hydrogen-bond acceptors (Lipinski definition) is 2. The van der Waals surface area contributed by atoms with E-state index in [4.69, 9.17) is 11.6 Å². The van der Waals surface area contributed by atoms with E-state index in [-0.39, 0.29) is 6.04 Å². The lowest BCUT2D eigenvalue weighted by Gasteiger charge is -2.17. The third kappa shape index (κ3) is 1.83. The van der Waals surface area contributed by atoms with Crippen LogP contribution in [0.2, 0.25) is 5.28 Å². The van der Waals surface area contributed by atoms with Gasteiger partial charge in [0.15, 0.2) is 0 Å². The first-order valence-electron chi connectivity index (χ1n) is 5.23. The van der Waals surface area contributed by atoms with Crippen LogP contribution in [-0.2, 0) is 0 Å². The Morgan fingerprint density at radius 2 is 1.88 bits per heavy atom. The molecule has 2 aromatic rings. The zero-order chi connectivity index (χ0) is 11.7. The van der Waals surface area contributed by atoms with Crippen molar-refractivity contribution in [3.05, 3.63) is 46.5 Å². The lowest BCUT2D eigenvalue weighted by Crippen LogP contribution is -2.10. The zero-order valence-electron chi connectivity index (χ0n) is 9.61. The molecule has 0 N–H and O–H groups in total. The standard InChI is InChI=1S/C12H14ClN3/c1-8-6-4-5-7-11(8)9(2)16-10(3)14-15-12(16)13/h4-7,9H,1-3H3. The number of halogens is 1. The Morgan fingerprint density at radius 3 is 2.44 bits per heavy atom. The molecule has 0 fully saturated rings. The van der Waals surface area contributed by atoms with Gasteiger partial charge in [-0.15, -0.1) is 10.2 Å². The minimum atomic E-state index is 0.156. The first-order chi connectivity index (χ1) is 7.61. The fourth-order valence-corrected chi connectivity index (χ4v) is 2.28. The van der Waals surface area contributed by atoms with Crippen LogP contribution >= 0.6 is 11.6 Å². The average Bonchev–Trinajstić information content (AvgIpc) is 2.58. The Labute approximate surface area is 100 Å². The van der Waals surface area contributed by atoms with E-state index >= 15 is 0 Å². The minimum absolute atomic E-state index is 0.156. The van der Waals surface area contributed by atoms with Crippen LogP contribution in [0.1, 0.15) is 29.9 Å². The van der Waals surface area contributed by atoms with Gasteiger partial charge in [-0.1, -0.05) is 24.3 Å². The van der Waals surface area contributed by atoms with Crippen LogP contribution < -0.4 is 0 Å². The van der Waals surface area contributed by atoms with Crippen molar-refractivity contribution in [2.45, 2.75) is 26.8 Å². The van der Waals surface area contributed by atoms with Crippen molar-refractivity contribution in [1.82, 2.24) is 14.8 Å². The van der Waals surface area contributed by atoms with Gasteiger partial charge in [0.05, 0.1) is 6.04 Å². The zero-order valence-corrected chi connectivity index (χ0v) is 10.4. The van der Waals surface area contributed by atoms with E-state index in [2.05, 4.69) is 36.2 Å². The maximum atomic E-state index is 6.03.